The molecule has 0 spiro atoms. The van der Waals surface area contributed by atoms with Crippen molar-refractivity contribution in [3.8, 4) is 0 Å². The molecule has 6 heteroatoms. The molecule has 1 aromatic rings. The molecule has 1 aromatic carbocycles. The van der Waals surface area contributed by atoms with Gasteiger partial charge in [0.25, 0.3) is 5.91 Å². The molecule has 0 radical (unpaired) electrons. The molecule has 1 aliphatic rings. The van der Waals surface area contributed by atoms with E-state index in [4.69, 9.17) is 9.47 Å². The highest BCUT2D eigenvalue weighted by molar-refractivity contribution is 14.1. The number of hydrogen-bond acceptors (Lipinski definition) is 4. The van der Waals surface area contributed by atoms with Gasteiger partial charge >= 0.3 is 6.09 Å². The molecule has 5 nitrogen and oxygen atoms in total. The number of rotatable bonds is 7. The number of methoxy groups -OCH3 is 1. The van der Waals surface area contributed by atoms with E-state index in [1.807, 2.05) is 47.4 Å². The van der Waals surface area contributed by atoms with Gasteiger partial charge in [-0.25, -0.2) is 9.69 Å². The molecule has 1 aliphatic heterocycles. The molecule has 0 aliphatic carbocycles. The Balaban J connectivity index is 2.09. The largest absolute Gasteiger partial charge is 0.447 e. The van der Waals surface area contributed by atoms with Crippen LogP contribution >= 0.6 is 22.6 Å². The molecule has 2 atom stereocenters. The summed E-state index contributed by atoms with van der Waals surface area (Å²) in [5.41, 5.74) is 2.68. The van der Waals surface area contributed by atoms with Gasteiger partial charge in [0, 0.05) is 12.7 Å². The predicted octanol–water partition coefficient (Wildman–Crippen LogP) is 4.27. The minimum atomic E-state index is -0.574. The van der Waals surface area contributed by atoms with E-state index in [0.29, 0.717) is 18.4 Å². The normalized spacial score (nSPS) is 19.5. The van der Waals surface area contributed by atoms with Gasteiger partial charge in [-0.2, -0.15) is 0 Å². The topological polar surface area (TPSA) is 55.8 Å². The summed E-state index contributed by atoms with van der Waals surface area (Å²) in [5.74, 6) is -0.306. The van der Waals surface area contributed by atoms with Crippen molar-refractivity contribution in [1.29, 1.82) is 0 Å². The summed E-state index contributed by atoms with van der Waals surface area (Å²) in [4.78, 5) is 26.1. The molecule has 1 fully saturated rings. The minimum Gasteiger partial charge on any atom is -0.447 e. The summed E-state index contributed by atoms with van der Waals surface area (Å²) >= 11 is 2.17. The van der Waals surface area contributed by atoms with Crippen LogP contribution in [0.15, 0.2) is 51.6 Å². The lowest BCUT2D eigenvalue weighted by molar-refractivity contribution is -0.125. The number of amides is 2. The lowest BCUT2D eigenvalue weighted by Gasteiger charge is -2.20. The van der Waals surface area contributed by atoms with E-state index >= 15 is 0 Å². The number of imide groups is 1. The van der Waals surface area contributed by atoms with Gasteiger partial charge in [-0.1, -0.05) is 59.0 Å². The van der Waals surface area contributed by atoms with Gasteiger partial charge < -0.3 is 9.47 Å². The van der Waals surface area contributed by atoms with E-state index in [2.05, 4.69) is 22.6 Å². The van der Waals surface area contributed by atoms with Crippen molar-refractivity contribution in [3.05, 3.63) is 57.2 Å². The molecule has 0 N–H and O–H groups in total. The van der Waals surface area contributed by atoms with Gasteiger partial charge in [0.2, 0.25) is 0 Å². The number of nitrogens with zero attached hydrogens (tertiary/aromatic N) is 1. The molecular weight excluding hydrogens is 445 g/mol. The summed E-state index contributed by atoms with van der Waals surface area (Å²) in [6.45, 7) is 3.94. The second-order valence-electron chi connectivity index (χ2n) is 6.30. The third-order valence-corrected chi connectivity index (χ3v) is 5.42. The molecule has 1 heterocycles. The molecule has 1 saturated heterocycles. The van der Waals surface area contributed by atoms with Crippen LogP contribution in [0.3, 0.4) is 0 Å². The van der Waals surface area contributed by atoms with Crippen LogP contribution in [0.25, 0.3) is 0 Å². The highest BCUT2D eigenvalue weighted by atomic mass is 127. The Morgan fingerprint density at radius 3 is 2.69 bits per heavy atom. The minimum absolute atomic E-state index is 0.0831. The number of ether oxygens (including phenoxy) is 2. The van der Waals surface area contributed by atoms with Crippen molar-refractivity contribution in [1.82, 2.24) is 4.90 Å². The molecule has 140 valence electrons. The van der Waals surface area contributed by atoms with E-state index < -0.39 is 6.09 Å². The quantitative estimate of drug-likeness (QED) is 0.442. The maximum Gasteiger partial charge on any atom is 0.417 e. The summed E-state index contributed by atoms with van der Waals surface area (Å²) in [5, 5.41) is 0. The van der Waals surface area contributed by atoms with Gasteiger partial charge in [-0.3, -0.25) is 4.79 Å². The third-order valence-electron chi connectivity index (χ3n) is 4.43. The van der Waals surface area contributed by atoms with E-state index in [1.165, 1.54) is 4.90 Å². The number of carbonyl (C=O) groups excluding carboxylic acids is 2. The zero-order valence-corrected chi connectivity index (χ0v) is 17.4. The fourth-order valence-electron chi connectivity index (χ4n) is 2.85. The predicted molar refractivity (Wildman–Crippen MR) is 109 cm³/mol. The van der Waals surface area contributed by atoms with Crippen LogP contribution in [0.4, 0.5) is 4.79 Å². The number of benzene rings is 1. The second kappa shape index (κ2) is 9.87. The van der Waals surface area contributed by atoms with Crippen LogP contribution in [-0.2, 0) is 20.7 Å². The Labute approximate surface area is 168 Å². The zero-order valence-electron chi connectivity index (χ0n) is 15.3. The first kappa shape index (κ1) is 20.6. The van der Waals surface area contributed by atoms with Crippen molar-refractivity contribution >= 4 is 34.6 Å². The molecule has 0 saturated carbocycles. The average molecular weight is 469 g/mol. The van der Waals surface area contributed by atoms with Crippen molar-refractivity contribution in [3.63, 3.8) is 0 Å². The van der Waals surface area contributed by atoms with Crippen LogP contribution in [0.1, 0.15) is 25.8 Å². The lowest BCUT2D eigenvalue weighted by Crippen LogP contribution is -2.40. The van der Waals surface area contributed by atoms with Crippen LogP contribution in [0, 0.1) is 0 Å². The Morgan fingerprint density at radius 1 is 1.38 bits per heavy atom. The number of carbonyl (C=O) groups is 2. The maximum absolute atomic E-state index is 12.8. The van der Waals surface area contributed by atoms with Crippen LogP contribution in [-0.4, -0.2) is 42.8 Å². The maximum atomic E-state index is 12.8. The SMILES string of the molecule is CO[C@H](C/C=C(\C)C(=O)N1C(=O)OC[C@H]1Cc1ccccc1)/C(C)=C/I. The fourth-order valence-corrected chi connectivity index (χ4v) is 3.25. The monoisotopic (exact) mass is 469 g/mol. The van der Waals surface area contributed by atoms with Crippen molar-refractivity contribution in [2.75, 3.05) is 13.7 Å². The van der Waals surface area contributed by atoms with Gasteiger partial charge in [0.15, 0.2) is 0 Å². The van der Waals surface area contributed by atoms with E-state index in [0.717, 1.165) is 11.1 Å². The molecule has 0 aromatic heterocycles. The summed E-state index contributed by atoms with van der Waals surface area (Å²) in [6, 6.07) is 9.51. The Morgan fingerprint density at radius 2 is 2.08 bits per heavy atom. The highest BCUT2D eigenvalue weighted by Crippen LogP contribution is 2.21. The van der Waals surface area contributed by atoms with Crippen molar-refractivity contribution in [2.45, 2.75) is 38.8 Å². The van der Waals surface area contributed by atoms with Crippen molar-refractivity contribution in [2.24, 2.45) is 0 Å². The van der Waals surface area contributed by atoms with Gasteiger partial charge in [0.1, 0.15) is 6.61 Å². The number of halogens is 1. The van der Waals surface area contributed by atoms with Gasteiger partial charge in [0.05, 0.1) is 12.1 Å². The number of hydrogen-bond donors (Lipinski definition) is 0. The Hall–Kier alpha value is -1.67. The Kier molecular flexibility index (Phi) is 7.84. The lowest BCUT2D eigenvalue weighted by atomic mass is 10.0. The van der Waals surface area contributed by atoms with Gasteiger partial charge in [-0.05, 0) is 41.9 Å². The third kappa shape index (κ3) is 5.17. The average Bonchev–Trinajstić information content (AvgIpc) is 3.02. The molecule has 26 heavy (non-hydrogen) atoms. The first-order valence-electron chi connectivity index (χ1n) is 8.48. The van der Waals surface area contributed by atoms with Gasteiger partial charge in [-0.15, -0.1) is 0 Å². The van der Waals surface area contributed by atoms with Crippen molar-refractivity contribution < 1.29 is 19.1 Å². The highest BCUT2D eigenvalue weighted by Gasteiger charge is 2.38. The summed E-state index contributed by atoms with van der Waals surface area (Å²) in [7, 11) is 1.65. The Bertz CT molecular complexity index is 699. The first-order valence-corrected chi connectivity index (χ1v) is 9.73. The van der Waals surface area contributed by atoms with Crippen LogP contribution < -0.4 is 0 Å². The van der Waals surface area contributed by atoms with Crippen LogP contribution in [0.2, 0.25) is 0 Å². The number of cyclic esters (lactones) is 1. The molecule has 2 rings (SSSR count). The summed E-state index contributed by atoms with van der Waals surface area (Å²) < 4.78 is 12.5. The summed E-state index contributed by atoms with van der Waals surface area (Å²) in [6.07, 6.45) is 2.33. The smallest absolute Gasteiger partial charge is 0.417 e. The molecule has 0 bridgehead atoms. The first-order chi connectivity index (χ1) is 12.5. The van der Waals surface area contributed by atoms with E-state index in [-0.39, 0.29) is 24.7 Å². The van der Waals surface area contributed by atoms with E-state index in [1.54, 1.807) is 14.0 Å². The second-order valence-corrected chi connectivity index (χ2v) is 6.92. The molecule has 2 amide bonds. The fraction of sp³-hybridized carbons (Fsp3) is 0.400. The standard InChI is InChI=1S/C20H24INO4/c1-14(9-10-18(25-3)15(2)12-21)19(23)22-17(13-26-20(22)24)11-16-7-5-4-6-8-16/h4-9,12,17-18H,10-11,13H2,1-3H3/b14-9+,15-12+/t17-,18-/m1/s1. The molecular formula is C20H24INO4. The van der Waals surface area contributed by atoms with Crippen LogP contribution in [0.5, 0.6) is 0 Å². The molecule has 0 unspecified atom stereocenters. The van der Waals surface area contributed by atoms with E-state index in [9.17, 15) is 9.59 Å². The zero-order chi connectivity index (χ0) is 19.1.